The van der Waals surface area contributed by atoms with Crippen LogP contribution in [0.15, 0.2) is 24.3 Å². The molecule has 1 unspecified atom stereocenters. The van der Waals surface area contributed by atoms with Crippen LogP contribution in [0.1, 0.15) is 24.8 Å². The SMILES string of the molecule is CN(C)C(=O)Cc1ccc(NC(=O)C2CC23CCNCC3)cc1. The van der Waals surface area contributed by atoms with Crippen molar-refractivity contribution in [3.8, 4) is 0 Å². The number of anilines is 1. The molecule has 2 amide bonds. The summed E-state index contributed by atoms with van der Waals surface area (Å²) < 4.78 is 0. The number of rotatable bonds is 4. The van der Waals surface area contributed by atoms with Gasteiger partial charge in [-0.25, -0.2) is 0 Å². The smallest absolute Gasteiger partial charge is 0.228 e. The zero-order valence-electron chi connectivity index (χ0n) is 13.9. The van der Waals surface area contributed by atoms with E-state index in [-0.39, 0.29) is 23.1 Å². The first-order valence-electron chi connectivity index (χ1n) is 8.31. The monoisotopic (exact) mass is 315 g/mol. The molecule has 1 spiro atoms. The third-order valence-electron chi connectivity index (χ3n) is 5.18. The number of nitrogens with zero attached hydrogens (tertiary/aromatic N) is 1. The largest absolute Gasteiger partial charge is 0.349 e. The minimum atomic E-state index is 0.0765. The van der Waals surface area contributed by atoms with Gasteiger partial charge in [-0.1, -0.05) is 12.1 Å². The predicted molar refractivity (Wildman–Crippen MR) is 90.1 cm³/mol. The summed E-state index contributed by atoms with van der Waals surface area (Å²) in [4.78, 5) is 25.7. The van der Waals surface area contributed by atoms with Gasteiger partial charge in [-0.2, -0.15) is 0 Å². The lowest BCUT2D eigenvalue weighted by atomic mass is 9.92. The molecule has 1 aliphatic heterocycles. The Morgan fingerprint density at radius 1 is 1.22 bits per heavy atom. The van der Waals surface area contributed by atoms with Crippen molar-refractivity contribution >= 4 is 17.5 Å². The molecule has 1 aromatic rings. The van der Waals surface area contributed by atoms with Gasteiger partial charge in [0.1, 0.15) is 0 Å². The second-order valence-corrected chi connectivity index (χ2v) is 7.02. The first kappa shape index (κ1) is 16.0. The van der Waals surface area contributed by atoms with Crippen LogP contribution in [-0.4, -0.2) is 43.9 Å². The van der Waals surface area contributed by atoms with E-state index in [1.54, 1.807) is 19.0 Å². The van der Waals surface area contributed by atoms with Gasteiger partial charge in [0.15, 0.2) is 0 Å². The number of benzene rings is 1. The Morgan fingerprint density at radius 3 is 2.48 bits per heavy atom. The summed E-state index contributed by atoms with van der Waals surface area (Å²) in [5.74, 6) is 0.385. The lowest BCUT2D eigenvalue weighted by Gasteiger charge is -2.23. The van der Waals surface area contributed by atoms with Gasteiger partial charge >= 0.3 is 0 Å². The van der Waals surface area contributed by atoms with Crippen LogP contribution in [0.5, 0.6) is 0 Å². The molecule has 2 N–H and O–H groups in total. The van der Waals surface area contributed by atoms with E-state index in [0.29, 0.717) is 6.42 Å². The van der Waals surface area contributed by atoms with Crippen LogP contribution >= 0.6 is 0 Å². The number of amides is 2. The van der Waals surface area contributed by atoms with Crippen molar-refractivity contribution < 1.29 is 9.59 Å². The molecule has 1 heterocycles. The number of likely N-dealkylation sites (N-methyl/N-ethyl adjacent to an activating group) is 1. The van der Waals surface area contributed by atoms with Gasteiger partial charge in [0.2, 0.25) is 11.8 Å². The highest BCUT2D eigenvalue weighted by molar-refractivity contribution is 5.95. The average molecular weight is 315 g/mol. The molecule has 2 aliphatic rings. The summed E-state index contributed by atoms with van der Waals surface area (Å²) in [5, 5.41) is 6.38. The number of carbonyl (C=O) groups is 2. The summed E-state index contributed by atoms with van der Waals surface area (Å²) in [7, 11) is 3.51. The molecule has 1 aliphatic carbocycles. The third-order valence-corrected chi connectivity index (χ3v) is 5.18. The van der Waals surface area contributed by atoms with Crippen LogP contribution in [0.25, 0.3) is 0 Å². The maximum atomic E-state index is 12.4. The molecule has 1 saturated heterocycles. The quantitative estimate of drug-likeness (QED) is 0.888. The van der Waals surface area contributed by atoms with Crippen LogP contribution < -0.4 is 10.6 Å². The predicted octanol–water partition coefficient (Wildman–Crippen LogP) is 1.65. The minimum absolute atomic E-state index is 0.0765. The fourth-order valence-corrected chi connectivity index (χ4v) is 3.46. The first-order valence-corrected chi connectivity index (χ1v) is 8.31. The van der Waals surface area contributed by atoms with E-state index in [9.17, 15) is 9.59 Å². The molecule has 1 aromatic carbocycles. The number of hydrogen-bond donors (Lipinski definition) is 2. The van der Waals surface area contributed by atoms with Crippen LogP contribution in [0.3, 0.4) is 0 Å². The second kappa shape index (κ2) is 6.32. The minimum Gasteiger partial charge on any atom is -0.349 e. The Bertz CT molecular complexity index is 589. The molecule has 3 rings (SSSR count). The van der Waals surface area contributed by atoms with Crippen LogP contribution in [0, 0.1) is 11.3 Å². The topological polar surface area (TPSA) is 61.4 Å². The van der Waals surface area contributed by atoms with Crippen molar-refractivity contribution in [1.29, 1.82) is 0 Å². The third kappa shape index (κ3) is 3.55. The van der Waals surface area contributed by atoms with Gasteiger partial charge in [0.25, 0.3) is 0 Å². The lowest BCUT2D eigenvalue weighted by molar-refractivity contribution is -0.128. The summed E-state index contributed by atoms with van der Waals surface area (Å²) in [6.45, 7) is 2.05. The zero-order valence-corrected chi connectivity index (χ0v) is 13.9. The fourth-order valence-electron chi connectivity index (χ4n) is 3.46. The number of nitrogens with one attached hydrogen (secondary N) is 2. The lowest BCUT2D eigenvalue weighted by Crippen LogP contribution is -2.31. The molecule has 1 atom stereocenters. The van der Waals surface area contributed by atoms with Crippen molar-refractivity contribution in [3.05, 3.63) is 29.8 Å². The van der Waals surface area contributed by atoms with Crippen molar-refractivity contribution in [3.63, 3.8) is 0 Å². The fraction of sp³-hybridized carbons (Fsp3) is 0.556. The maximum Gasteiger partial charge on any atom is 0.228 e. The van der Waals surface area contributed by atoms with Crippen molar-refractivity contribution in [2.45, 2.75) is 25.7 Å². The van der Waals surface area contributed by atoms with E-state index >= 15 is 0 Å². The molecule has 2 fully saturated rings. The highest BCUT2D eigenvalue weighted by Crippen LogP contribution is 2.58. The molecular formula is C18H25N3O2. The molecule has 5 nitrogen and oxygen atoms in total. The average Bonchev–Trinajstić information content (AvgIpc) is 3.23. The van der Waals surface area contributed by atoms with Crippen LogP contribution in [-0.2, 0) is 16.0 Å². The first-order chi connectivity index (χ1) is 11.0. The van der Waals surface area contributed by atoms with Gasteiger partial charge < -0.3 is 15.5 Å². The standard InChI is InChI=1S/C18H25N3O2/c1-21(2)16(22)11-13-3-5-14(6-4-13)20-17(23)15-12-18(15)7-9-19-10-8-18/h3-6,15,19H,7-12H2,1-2H3,(H,20,23). The van der Waals surface area contributed by atoms with Crippen molar-refractivity contribution in [2.24, 2.45) is 11.3 Å². The Labute approximate surface area is 137 Å². The van der Waals surface area contributed by atoms with E-state index in [2.05, 4.69) is 10.6 Å². The second-order valence-electron chi connectivity index (χ2n) is 7.02. The van der Waals surface area contributed by atoms with E-state index in [0.717, 1.165) is 43.6 Å². The number of carbonyl (C=O) groups excluding carboxylic acids is 2. The summed E-state index contributed by atoms with van der Waals surface area (Å²) in [6.07, 6.45) is 3.63. The Kier molecular flexibility index (Phi) is 4.39. The molecule has 0 aromatic heterocycles. The van der Waals surface area contributed by atoms with Crippen LogP contribution in [0.4, 0.5) is 5.69 Å². The molecule has 0 radical (unpaired) electrons. The van der Waals surface area contributed by atoms with Crippen LogP contribution in [0.2, 0.25) is 0 Å². The molecule has 23 heavy (non-hydrogen) atoms. The Balaban J connectivity index is 1.54. The van der Waals surface area contributed by atoms with Gasteiger partial charge in [0.05, 0.1) is 6.42 Å². The maximum absolute atomic E-state index is 12.4. The van der Waals surface area contributed by atoms with E-state index in [4.69, 9.17) is 0 Å². The molecular weight excluding hydrogens is 290 g/mol. The Morgan fingerprint density at radius 2 is 1.87 bits per heavy atom. The van der Waals surface area contributed by atoms with Gasteiger partial charge in [0, 0.05) is 25.7 Å². The highest BCUT2D eigenvalue weighted by atomic mass is 16.2. The van der Waals surface area contributed by atoms with Gasteiger partial charge in [-0.3, -0.25) is 9.59 Å². The van der Waals surface area contributed by atoms with Crippen molar-refractivity contribution in [1.82, 2.24) is 10.2 Å². The summed E-state index contributed by atoms with van der Waals surface area (Å²) >= 11 is 0. The molecule has 0 bridgehead atoms. The normalized spacial score (nSPS) is 21.7. The van der Waals surface area contributed by atoms with Crippen molar-refractivity contribution in [2.75, 3.05) is 32.5 Å². The number of piperidine rings is 1. The van der Waals surface area contributed by atoms with E-state index in [1.807, 2.05) is 24.3 Å². The zero-order chi connectivity index (χ0) is 16.4. The van der Waals surface area contributed by atoms with Gasteiger partial charge in [-0.15, -0.1) is 0 Å². The molecule has 124 valence electrons. The van der Waals surface area contributed by atoms with E-state index < -0.39 is 0 Å². The summed E-state index contributed by atoms with van der Waals surface area (Å²) in [6, 6.07) is 7.58. The number of hydrogen-bond acceptors (Lipinski definition) is 3. The molecule has 1 saturated carbocycles. The highest BCUT2D eigenvalue weighted by Gasteiger charge is 2.57. The summed E-state index contributed by atoms with van der Waals surface area (Å²) in [5.41, 5.74) is 2.03. The van der Waals surface area contributed by atoms with Gasteiger partial charge in [-0.05, 0) is 55.5 Å². The van der Waals surface area contributed by atoms with E-state index in [1.165, 1.54) is 0 Å². The Hall–Kier alpha value is -1.88. The molecule has 5 heteroatoms.